The van der Waals surface area contributed by atoms with Crippen LogP contribution in [0, 0.1) is 0 Å². The van der Waals surface area contributed by atoms with Gasteiger partial charge in [-0.1, -0.05) is 12.8 Å². The van der Waals surface area contributed by atoms with Crippen molar-refractivity contribution < 1.29 is 4.74 Å². The van der Waals surface area contributed by atoms with Gasteiger partial charge in [0.15, 0.2) is 0 Å². The van der Waals surface area contributed by atoms with Crippen molar-refractivity contribution in [1.29, 1.82) is 0 Å². The third-order valence-electron chi connectivity index (χ3n) is 4.04. The molecule has 1 saturated carbocycles. The second-order valence-corrected chi connectivity index (χ2v) is 5.58. The van der Waals surface area contributed by atoms with E-state index in [9.17, 15) is 0 Å². The predicted octanol–water partition coefficient (Wildman–Crippen LogP) is 3.00. The van der Waals surface area contributed by atoms with Crippen LogP contribution in [0.25, 0.3) is 0 Å². The molecule has 0 radical (unpaired) electrons. The summed E-state index contributed by atoms with van der Waals surface area (Å²) in [6.45, 7) is 2.09. The van der Waals surface area contributed by atoms with Crippen molar-refractivity contribution in [2.75, 3.05) is 0 Å². The molecule has 1 spiro atoms. The van der Waals surface area contributed by atoms with Gasteiger partial charge < -0.3 is 10.5 Å². The minimum Gasteiger partial charge on any atom is -0.372 e. The van der Waals surface area contributed by atoms with E-state index in [4.69, 9.17) is 10.5 Å². The smallest absolute Gasteiger partial charge is 0.0687 e. The van der Waals surface area contributed by atoms with Gasteiger partial charge in [-0.15, -0.1) is 0 Å². The zero-order valence-electron chi connectivity index (χ0n) is 10.0. The maximum atomic E-state index is 6.25. The molecule has 2 N–H and O–H groups in total. The molecule has 2 rings (SSSR count). The van der Waals surface area contributed by atoms with Crippen LogP contribution in [0.5, 0.6) is 0 Å². The summed E-state index contributed by atoms with van der Waals surface area (Å²) in [5.74, 6) is 0. The van der Waals surface area contributed by atoms with Crippen LogP contribution in [0.4, 0.5) is 0 Å². The Balaban J connectivity index is 1.68. The zero-order chi connectivity index (χ0) is 10.7. The molecule has 2 aliphatic rings. The molecule has 1 heterocycles. The number of rotatable bonds is 4. The minimum atomic E-state index is 0.318. The fourth-order valence-electron chi connectivity index (χ4n) is 3.15. The highest BCUT2D eigenvalue weighted by molar-refractivity contribution is 4.92. The standard InChI is InChI=1S/C13H25NO/c1-11(14)5-4-6-12-7-10-13(15-12)8-2-3-9-13/h11-12H,2-10,14H2,1H3. The molecule has 1 aliphatic carbocycles. The maximum Gasteiger partial charge on any atom is 0.0687 e. The Bertz CT molecular complexity index is 197. The second kappa shape index (κ2) is 4.84. The van der Waals surface area contributed by atoms with Crippen molar-refractivity contribution in [3.05, 3.63) is 0 Å². The summed E-state index contributed by atoms with van der Waals surface area (Å²) in [5.41, 5.74) is 6.07. The van der Waals surface area contributed by atoms with Gasteiger partial charge in [0.2, 0.25) is 0 Å². The van der Waals surface area contributed by atoms with Crippen LogP contribution in [0.1, 0.15) is 64.7 Å². The van der Waals surface area contributed by atoms with Crippen molar-refractivity contribution in [3.63, 3.8) is 0 Å². The zero-order valence-corrected chi connectivity index (χ0v) is 10.0. The van der Waals surface area contributed by atoms with Gasteiger partial charge in [0.1, 0.15) is 0 Å². The molecule has 88 valence electrons. The normalized spacial score (nSPS) is 31.2. The van der Waals surface area contributed by atoms with E-state index in [1.165, 1.54) is 51.4 Å². The fourth-order valence-corrected chi connectivity index (χ4v) is 3.15. The van der Waals surface area contributed by atoms with Crippen molar-refractivity contribution >= 4 is 0 Å². The summed E-state index contributed by atoms with van der Waals surface area (Å²) in [6, 6.07) is 0.354. The van der Waals surface area contributed by atoms with Crippen LogP contribution in [-0.4, -0.2) is 17.7 Å². The summed E-state index contributed by atoms with van der Waals surface area (Å²) >= 11 is 0. The lowest BCUT2D eigenvalue weighted by molar-refractivity contribution is -0.0395. The fraction of sp³-hybridized carbons (Fsp3) is 1.00. The first-order valence-electron chi connectivity index (χ1n) is 6.64. The topological polar surface area (TPSA) is 35.2 Å². The number of hydrogen-bond acceptors (Lipinski definition) is 2. The van der Waals surface area contributed by atoms with E-state index in [-0.39, 0.29) is 0 Å². The number of ether oxygens (including phenoxy) is 1. The molecule has 2 heteroatoms. The lowest BCUT2D eigenvalue weighted by Gasteiger charge is -2.23. The third kappa shape index (κ3) is 2.94. The van der Waals surface area contributed by atoms with Crippen LogP contribution in [0.15, 0.2) is 0 Å². The van der Waals surface area contributed by atoms with Gasteiger partial charge in [0.25, 0.3) is 0 Å². The third-order valence-corrected chi connectivity index (χ3v) is 4.04. The van der Waals surface area contributed by atoms with Gasteiger partial charge in [-0.2, -0.15) is 0 Å². The van der Waals surface area contributed by atoms with E-state index in [0.717, 1.165) is 6.42 Å². The predicted molar refractivity (Wildman–Crippen MR) is 62.8 cm³/mol. The molecule has 1 saturated heterocycles. The molecule has 2 fully saturated rings. The van der Waals surface area contributed by atoms with Gasteiger partial charge in [0.05, 0.1) is 11.7 Å². The van der Waals surface area contributed by atoms with Gasteiger partial charge in [0, 0.05) is 6.04 Å². The van der Waals surface area contributed by atoms with E-state index in [1.54, 1.807) is 0 Å². The molecule has 0 amide bonds. The molecule has 0 aromatic rings. The van der Waals surface area contributed by atoms with E-state index in [2.05, 4.69) is 6.92 Å². The second-order valence-electron chi connectivity index (χ2n) is 5.58. The largest absolute Gasteiger partial charge is 0.372 e. The lowest BCUT2D eigenvalue weighted by Crippen LogP contribution is -2.25. The Kier molecular flexibility index (Phi) is 3.68. The molecule has 0 bridgehead atoms. The van der Waals surface area contributed by atoms with Crippen molar-refractivity contribution in [1.82, 2.24) is 0 Å². The van der Waals surface area contributed by atoms with Gasteiger partial charge in [-0.3, -0.25) is 0 Å². The Morgan fingerprint density at radius 2 is 2.07 bits per heavy atom. The van der Waals surface area contributed by atoms with Crippen LogP contribution in [-0.2, 0) is 4.74 Å². The molecule has 0 aromatic carbocycles. The SMILES string of the molecule is CC(N)CCCC1CCC2(CCCC2)O1. The molecule has 0 aromatic heterocycles. The molecule has 2 unspecified atom stereocenters. The Morgan fingerprint density at radius 1 is 1.33 bits per heavy atom. The number of hydrogen-bond donors (Lipinski definition) is 1. The highest BCUT2D eigenvalue weighted by Gasteiger charge is 2.41. The molecular formula is C13H25NO. The lowest BCUT2D eigenvalue weighted by atomic mass is 9.97. The first kappa shape index (κ1) is 11.4. The first-order chi connectivity index (χ1) is 7.20. The van der Waals surface area contributed by atoms with Gasteiger partial charge in [-0.05, 0) is 51.9 Å². The van der Waals surface area contributed by atoms with Gasteiger partial charge >= 0.3 is 0 Å². The number of nitrogens with two attached hydrogens (primary N) is 1. The van der Waals surface area contributed by atoms with E-state index in [1.807, 2.05) is 0 Å². The Morgan fingerprint density at radius 3 is 2.73 bits per heavy atom. The summed E-state index contributed by atoms with van der Waals surface area (Å²) in [7, 11) is 0. The van der Waals surface area contributed by atoms with Crippen LogP contribution >= 0.6 is 0 Å². The van der Waals surface area contributed by atoms with Crippen molar-refractivity contribution in [3.8, 4) is 0 Å². The van der Waals surface area contributed by atoms with Crippen molar-refractivity contribution in [2.45, 2.75) is 82.5 Å². The molecule has 1 aliphatic heterocycles. The summed E-state index contributed by atoms with van der Waals surface area (Å²) in [6.07, 6.45) is 12.2. The molecule has 2 nitrogen and oxygen atoms in total. The van der Waals surface area contributed by atoms with Crippen LogP contribution in [0.2, 0.25) is 0 Å². The van der Waals surface area contributed by atoms with Gasteiger partial charge in [-0.25, -0.2) is 0 Å². The molecule has 2 atom stereocenters. The van der Waals surface area contributed by atoms with E-state index >= 15 is 0 Å². The first-order valence-corrected chi connectivity index (χ1v) is 6.64. The summed E-state index contributed by atoms with van der Waals surface area (Å²) < 4.78 is 6.25. The highest BCUT2D eigenvalue weighted by atomic mass is 16.5. The Hall–Kier alpha value is -0.0800. The average molecular weight is 211 g/mol. The molecule has 15 heavy (non-hydrogen) atoms. The highest BCUT2D eigenvalue weighted by Crippen LogP contribution is 2.44. The van der Waals surface area contributed by atoms with E-state index < -0.39 is 0 Å². The maximum absolute atomic E-state index is 6.25. The average Bonchev–Trinajstić information content (AvgIpc) is 2.78. The minimum absolute atomic E-state index is 0.318. The van der Waals surface area contributed by atoms with Crippen molar-refractivity contribution in [2.24, 2.45) is 5.73 Å². The van der Waals surface area contributed by atoms with Crippen LogP contribution in [0.3, 0.4) is 0 Å². The Labute approximate surface area is 93.6 Å². The molecular weight excluding hydrogens is 186 g/mol. The summed E-state index contributed by atoms with van der Waals surface area (Å²) in [5, 5.41) is 0. The quantitative estimate of drug-likeness (QED) is 0.776. The monoisotopic (exact) mass is 211 g/mol. The van der Waals surface area contributed by atoms with E-state index in [0.29, 0.717) is 17.7 Å². The summed E-state index contributed by atoms with van der Waals surface area (Å²) in [4.78, 5) is 0. The van der Waals surface area contributed by atoms with Crippen LogP contribution < -0.4 is 5.73 Å².